The molecule has 1 aliphatic carbocycles. The predicted octanol–water partition coefficient (Wildman–Crippen LogP) is 2.39. The van der Waals surface area contributed by atoms with Crippen LogP contribution in [0.3, 0.4) is 0 Å². The number of rotatable bonds is 2. The first kappa shape index (κ1) is 16.6. The minimum Gasteiger partial charge on any atom is -0.408 e. The number of carbonyl (C=O) groups is 1. The Balaban J connectivity index is 0.00000176. The van der Waals surface area contributed by atoms with Gasteiger partial charge in [0.15, 0.2) is 5.58 Å². The summed E-state index contributed by atoms with van der Waals surface area (Å²) in [6.07, 6.45) is 3.76. The molecule has 3 rings (SSSR count). The molecule has 2 atom stereocenters. The third kappa shape index (κ3) is 3.18. The standard InChI is InChI=1S/C15H19N3O3.ClH/c1-15(16)7-3-2-4-10(15)13(19)17-9-5-6-12-11(8-9)18-14(20)21-12;/h5-6,8,10H,2-4,7,16H2,1H3,(H,17,19)(H,18,20);1H. The van der Waals surface area contributed by atoms with E-state index in [1.807, 2.05) is 6.92 Å². The van der Waals surface area contributed by atoms with Crippen LogP contribution in [0.5, 0.6) is 0 Å². The minimum atomic E-state index is -0.504. The fraction of sp³-hybridized carbons (Fsp3) is 0.467. The lowest BCUT2D eigenvalue weighted by atomic mass is 9.74. The Kier molecular flexibility index (Phi) is 4.63. The van der Waals surface area contributed by atoms with Crippen molar-refractivity contribution in [2.75, 3.05) is 5.32 Å². The maximum atomic E-state index is 12.4. The zero-order chi connectivity index (χ0) is 15.0. The number of oxazole rings is 1. The minimum absolute atomic E-state index is 0. The highest BCUT2D eigenvalue weighted by Crippen LogP contribution is 2.32. The lowest BCUT2D eigenvalue weighted by Crippen LogP contribution is -2.51. The number of hydrogen-bond acceptors (Lipinski definition) is 4. The number of halogens is 1. The van der Waals surface area contributed by atoms with Gasteiger partial charge < -0.3 is 15.5 Å². The molecule has 0 bridgehead atoms. The van der Waals surface area contributed by atoms with Crippen molar-refractivity contribution in [1.29, 1.82) is 0 Å². The second-order valence-electron chi connectivity index (χ2n) is 6.02. The maximum absolute atomic E-state index is 12.4. The summed E-state index contributed by atoms with van der Waals surface area (Å²) < 4.78 is 4.93. The number of fused-ring (bicyclic) bond motifs is 1. The number of anilines is 1. The molecular weight excluding hydrogens is 306 g/mol. The molecule has 4 N–H and O–H groups in total. The van der Waals surface area contributed by atoms with Crippen LogP contribution in [0.4, 0.5) is 5.69 Å². The lowest BCUT2D eigenvalue weighted by Gasteiger charge is -2.37. The van der Waals surface area contributed by atoms with Crippen molar-refractivity contribution >= 4 is 35.1 Å². The van der Waals surface area contributed by atoms with Gasteiger partial charge in [-0.25, -0.2) is 4.79 Å². The molecule has 0 saturated heterocycles. The van der Waals surface area contributed by atoms with Crippen LogP contribution in [0.15, 0.2) is 27.4 Å². The van der Waals surface area contributed by atoms with E-state index in [0.29, 0.717) is 16.8 Å². The van der Waals surface area contributed by atoms with E-state index in [4.69, 9.17) is 10.2 Å². The molecule has 1 saturated carbocycles. The quantitative estimate of drug-likeness (QED) is 0.789. The molecule has 1 aromatic carbocycles. The highest BCUT2D eigenvalue weighted by Gasteiger charge is 2.37. The molecule has 0 radical (unpaired) electrons. The van der Waals surface area contributed by atoms with Gasteiger partial charge >= 0.3 is 5.76 Å². The molecule has 6 nitrogen and oxygen atoms in total. The number of hydrogen-bond donors (Lipinski definition) is 3. The van der Waals surface area contributed by atoms with Crippen LogP contribution in [0.2, 0.25) is 0 Å². The van der Waals surface area contributed by atoms with Gasteiger partial charge in [0.05, 0.1) is 11.4 Å². The normalized spacial score (nSPS) is 24.7. The number of benzene rings is 1. The number of aromatic nitrogens is 1. The Morgan fingerprint density at radius 3 is 2.95 bits per heavy atom. The zero-order valence-electron chi connectivity index (χ0n) is 12.3. The summed E-state index contributed by atoms with van der Waals surface area (Å²) in [6.45, 7) is 1.94. The average molecular weight is 326 g/mol. The SMILES string of the molecule is CC1(N)CCCCC1C(=O)Nc1ccc2oc(=O)[nH]c2c1.Cl. The summed E-state index contributed by atoms with van der Waals surface area (Å²) in [7, 11) is 0. The van der Waals surface area contributed by atoms with Crippen LogP contribution < -0.4 is 16.8 Å². The van der Waals surface area contributed by atoms with E-state index >= 15 is 0 Å². The Morgan fingerprint density at radius 1 is 1.45 bits per heavy atom. The van der Waals surface area contributed by atoms with Crippen LogP contribution in [0.25, 0.3) is 11.1 Å². The number of H-pyrrole nitrogens is 1. The van der Waals surface area contributed by atoms with E-state index in [0.717, 1.165) is 25.7 Å². The second-order valence-corrected chi connectivity index (χ2v) is 6.02. The molecule has 22 heavy (non-hydrogen) atoms. The Labute approximate surface area is 133 Å². The fourth-order valence-corrected chi connectivity index (χ4v) is 3.05. The zero-order valence-corrected chi connectivity index (χ0v) is 13.2. The molecule has 2 aromatic rings. The summed E-state index contributed by atoms with van der Waals surface area (Å²) >= 11 is 0. The highest BCUT2D eigenvalue weighted by molar-refractivity contribution is 5.95. The van der Waals surface area contributed by atoms with Crippen molar-refractivity contribution in [3.8, 4) is 0 Å². The van der Waals surface area contributed by atoms with E-state index in [-0.39, 0.29) is 24.2 Å². The molecule has 1 fully saturated rings. The van der Waals surface area contributed by atoms with Gasteiger partial charge in [0, 0.05) is 11.2 Å². The van der Waals surface area contributed by atoms with Gasteiger partial charge in [0.25, 0.3) is 0 Å². The van der Waals surface area contributed by atoms with Gasteiger partial charge in [-0.1, -0.05) is 12.8 Å². The van der Waals surface area contributed by atoms with E-state index in [2.05, 4.69) is 10.3 Å². The summed E-state index contributed by atoms with van der Waals surface area (Å²) in [4.78, 5) is 26.1. The Hall–Kier alpha value is -1.79. The first-order valence-electron chi connectivity index (χ1n) is 7.18. The van der Waals surface area contributed by atoms with Crippen LogP contribution in [-0.2, 0) is 4.79 Å². The highest BCUT2D eigenvalue weighted by atomic mass is 35.5. The largest absolute Gasteiger partial charge is 0.417 e. The number of nitrogens with two attached hydrogens (primary N) is 1. The number of carbonyl (C=O) groups excluding carboxylic acids is 1. The fourth-order valence-electron chi connectivity index (χ4n) is 3.05. The molecule has 0 spiro atoms. The molecule has 120 valence electrons. The monoisotopic (exact) mass is 325 g/mol. The summed E-state index contributed by atoms with van der Waals surface area (Å²) in [5.41, 5.74) is 7.45. The Morgan fingerprint density at radius 2 is 2.23 bits per heavy atom. The van der Waals surface area contributed by atoms with Gasteiger partial charge in [0.2, 0.25) is 5.91 Å². The first-order valence-corrected chi connectivity index (χ1v) is 7.18. The van der Waals surface area contributed by atoms with Crippen molar-refractivity contribution < 1.29 is 9.21 Å². The van der Waals surface area contributed by atoms with E-state index in [1.54, 1.807) is 18.2 Å². The molecule has 1 aromatic heterocycles. The van der Waals surface area contributed by atoms with Gasteiger partial charge in [0.1, 0.15) is 0 Å². The first-order chi connectivity index (χ1) is 9.95. The summed E-state index contributed by atoms with van der Waals surface area (Å²) in [5, 5.41) is 2.89. The third-order valence-corrected chi connectivity index (χ3v) is 4.26. The lowest BCUT2D eigenvalue weighted by molar-refractivity contribution is -0.122. The number of aromatic amines is 1. The molecule has 1 aliphatic rings. The van der Waals surface area contributed by atoms with E-state index < -0.39 is 11.3 Å². The summed E-state index contributed by atoms with van der Waals surface area (Å²) in [5.74, 6) is -0.759. The van der Waals surface area contributed by atoms with Crippen LogP contribution in [0.1, 0.15) is 32.6 Å². The van der Waals surface area contributed by atoms with Gasteiger partial charge in [-0.3, -0.25) is 9.78 Å². The van der Waals surface area contributed by atoms with E-state index in [1.165, 1.54) is 0 Å². The molecule has 1 amide bonds. The van der Waals surface area contributed by atoms with Gasteiger partial charge in [-0.15, -0.1) is 12.4 Å². The predicted molar refractivity (Wildman–Crippen MR) is 87.3 cm³/mol. The molecule has 1 heterocycles. The van der Waals surface area contributed by atoms with Crippen LogP contribution >= 0.6 is 12.4 Å². The van der Waals surface area contributed by atoms with Crippen molar-refractivity contribution in [2.24, 2.45) is 11.7 Å². The van der Waals surface area contributed by atoms with Crippen molar-refractivity contribution in [1.82, 2.24) is 4.98 Å². The number of nitrogens with one attached hydrogen (secondary N) is 2. The molecule has 7 heteroatoms. The summed E-state index contributed by atoms with van der Waals surface area (Å²) in [6, 6.07) is 5.06. The molecule has 0 aliphatic heterocycles. The van der Waals surface area contributed by atoms with Crippen molar-refractivity contribution in [3.63, 3.8) is 0 Å². The topological polar surface area (TPSA) is 101 Å². The van der Waals surface area contributed by atoms with Crippen molar-refractivity contribution in [2.45, 2.75) is 38.1 Å². The smallest absolute Gasteiger partial charge is 0.408 e. The van der Waals surface area contributed by atoms with Gasteiger partial charge in [-0.05, 0) is 38.0 Å². The average Bonchev–Trinajstić information content (AvgIpc) is 2.77. The second kappa shape index (κ2) is 6.14. The Bertz CT molecular complexity index is 735. The molecule has 2 unspecified atom stereocenters. The van der Waals surface area contributed by atoms with E-state index in [9.17, 15) is 9.59 Å². The third-order valence-electron chi connectivity index (χ3n) is 4.26. The van der Waals surface area contributed by atoms with Crippen LogP contribution in [-0.4, -0.2) is 16.4 Å². The number of amides is 1. The van der Waals surface area contributed by atoms with Gasteiger partial charge in [-0.2, -0.15) is 0 Å². The maximum Gasteiger partial charge on any atom is 0.417 e. The van der Waals surface area contributed by atoms with Crippen molar-refractivity contribution in [3.05, 3.63) is 28.7 Å². The molecular formula is C15H20ClN3O3. The van der Waals surface area contributed by atoms with Crippen LogP contribution in [0, 0.1) is 5.92 Å².